The van der Waals surface area contributed by atoms with Crippen molar-refractivity contribution in [1.82, 2.24) is 9.80 Å². The van der Waals surface area contributed by atoms with Crippen molar-refractivity contribution >= 4 is 12.1 Å². The van der Waals surface area contributed by atoms with E-state index in [2.05, 4.69) is 11.0 Å². The average Bonchev–Trinajstić information content (AvgIpc) is 3.18. The number of carbonyl (C=O) groups excluding carboxylic acids is 1. The van der Waals surface area contributed by atoms with Crippen molar-refractivity contribution in [2.75, 3.05) is 26.2 Å². The third kappa shape index (κ3) is 4.76. The van der Waals surface area contributed by atoms with Gasteiger partial charge in [-0.1, -0.05) is 18.9 Å². The fraction of sp³-hybridized carbons (Fsp3) is 0.609. The summed E-state index contributed by atoms with van der Waals surface area (Å²) < 4.78 is 5.83. The molecule has 3 rings (SSSR count). The SMILES string of the molecule is CC(C)(C)OC(=O)C1(c2cc(C#N)ccc2CN2CCN(C(=O)O)CC2)CCCC1. The molecular formula is C23H31N3O4. The topological polar surface area (TPSA) is 93.9 Å². The number of nitriles is 1. The van der Waals surface area contributed by atoms with Crippen LogP contribution in [0.3, 0.4) is 0 Å². The van der Waals surface area contributed by atoms with Gasteiger partial charge in [0.2, 0.25) is 0 Å². The van der Waals surface area contributed by atoms with E-state index in [-0.39, 0.29) is 5.97 Å². The number of carbonyl (C=O) groups is 2. The molecule has 162 valence electrons. The second-order valence-corrected chi connectivity index (χ2v) is 9.32. The number of rotatable bonds is 4. The zero-order chi connectivity index (χ0) is 21.9. The fourth-order valence-corrected chi connectivity index (χ4v) is 4.51. The third-order valence-corrected chi connectivity index (χ3v) is 6.04. The summed E-state index contributed by atoms with van der Waals surface area (Å²) in [6, 6.07) is 7.81. The molecule has 0 radical (unpaired) electrons. The molecule has 1 amide bonds. The summed E-state index contributed by atoms with van der Waals surface area (Å²) in [4.78, 5) is 28.2. The number of amides is 1. The standard InChI is InChI=1S/C23H31N3O4/c1-22(2,3)30-20(27)23(8-4-5-9-23)19-14-17(15-24)6-7-18(19)16-25-10-12-26(13-11-25)21(28)29/h6-7,14H,4-5,8-13,16H2,1-3H3,(H,28,29). The quantitative estimate of drug-likeness (QED) is 0.759. The van der Waals surface area contributed by atoms with E-state index in [9.17, 15) is 20.0 Å². The van der Waals surface area contributed by atoms with E-state index in [0.29, 0.717) is 38.3 Å². The minimum absolute atomic E-state index is 0.209. The Bertz CT molecular complexity index is 839. The number of benzene rings is 1. The summed E-state index contributed by atoms with van der Waals surface area (Å²) in [7, 11) is 0. The molecule has 2 aliphatic rings. The van der Waals surface area contributed by atoms with Crippen LogP contribution in [0.25, 0.3) is 0 Å². The maximum Gasteiger partial charge on any atom is 0.407 e. The number of carboxylic acid groups (broad SMARTS) is 1. The zero-order valence-electron chi connectivity index (χ0n) is 18.1. The lowest BCUT2D eigenvalue weighted by Gasteiger charge is -2.36. The Morgan fingerprint density at radius 2 is 1.80 bits per heavy atom. The van der Waals surface area contributed by atoms with Crippen LogP contribution in [0.4, 0.5) is 4.79 Å². The molecule has 1 saturated heterocycles. The van der Waals surface area contributed by atoms with Crippen LogP contribution in [0.5, 0.6) is 0 Å². The van der Waals surface area contributed by atoms with E-state index in [4.69, 9.17) is 4.74 Å². The first kappa shape index (κ1) is 22.1. The molecule has 0 aromatic heterocycles. The monoisotopic (exact) mass is 413 g/mol. The molecule has 1 aliphatic heterocycles. The van der Waals surface area contributed by atoms with Gasteiger partial charge in [0.25, 0.3) is 0 Å². The van der Waals surface area contributed by atoms with Gasteiger partial charge in [-0.15, -0.1) is 0 Å². The molecule has 0 bridgehead atoms. The summed E-state index contributed by atoms with van der Waals surface area (Å²) >= 11 is 0. The first-order valence-corrected chi connectivity index (χ1v) is 10.6. The Morgan fingerprint density at radius 3 is 2.33 bits per heavy atom. The van der Waals surface area contributed by atoms with Crippen LogP contribution in [-0.4, -0.2) is 58.7 Å². The molecule has 0 unspecified atom stereocenters. The highest BCUT2D eigenvalue weighted by molar-refractivity contribution is 5.84. The molecule has 0 spiro atoms. The van der Waals surface area contributed by atoms with Crippen LogP contribution in [0, 0.1) is 11.3 Å². The third-order valence-electron chi connectivity index (χ3n) is 6.04. The molecule has 7 nitrogen and oxygen atoms in total. The smallest absolute Gasteiger partial charge is 0.407 e. The first-order valence-electron chi connectivity index (χ1n) is 10.6. The molecule has 1 heterocycles. The average molecular weight is 414 g/mol. The number of piperazine rings is 1. The Hall–Kier alpha value is -2.59. The Balaban J connectivity index is 1.92. The van der Waals surface area contributed by atoms with Gasteiger partial charge in [-0.3, -0.25) is 9.69 Å². The van der Waals surface area contributed by atoms with E-state index in [1.165, 1.54) is 4.90 Å². The number of ether oxygens (including phenoxy) is 1. The number of nitrogens with zero attached hydrogens (tertiary/aromatic N) is 3. The summed E-state index contributed by atoms with van der Waals surface area (Å²) in [5.74, 6) is -0.209. The predicted molar refractivity (Wildman–Crippen MR) is 112 cm³/mol. The van der Waals surface area contributed by atoms with Crippen LogP contribution in [0.15, 0.2) is 18.2 Å². The first-order chi connectivity index (χ1) is 14.1. The van der Waals surface area contributed by atoms with Crippen LogP contribution >= 0.6 is 0 Å². The van der Waals surface area contributed by atoms with Crippen LogP contribution in [-0.2, 0) is 21.5 Å². The van der Waals surface area contributed by atoms with Crippen molar-refractivity contribution in [1.29, 1.82) is 5.26 Å². The lowest BCUT2D eigenvalue weighted by Crippen LogP contribution is -2.48. The lowest BCUT2D eigenvalue weighted by molar-refractivity contribution is -0.162. The molecule has 1 aliphatic carbocycles. The van der Waals surface area contributed by atoms with Gasteiger partial charge in [-0.05, 0) is 56.9 Å². The van der Waals surface area contributed by atoms with Crippen molar-refractivity contribution in [3.63, 3.8) is 0 Å². The highest BCUT2D eigenvalue weighted by Crippen LogP contribution is 2.45. The minimum Gasteiger partial charge on any atom is -0.465 e. The fourth-order valence-electron chi connectivity index (χ4n) is 4.51. The van der Waals surface area contributed by atoms with Crippen molar-refractivity contribution < 1.29 is 19.4 Å². The predicted octanol–water partition coefficient (Wildman–Crippen LogP) is 3.51. The lowest BCUT2D eigenvalue weighted by atomic mass is 9.75. The zero-order valence-corrected chi connectivity index (χ0v) is 18.1. The van der Waals surface area contributed by atoms with Crippen molar-refractivity contribution in [2.24, 2.45) is 0 Å². The van der Waals surface area contributed by atoms with E-state index < -0.39 is 17.1 Å². The highest BCUT2D eigenvalue weighted by Gasteiger charge is 2.46. The van der Waals surface area contributed by atoms with Gasteiger partial charge in [-0.2, -0.15) is 5.26 Å². The van der Waals surface area contributed by atoms with E-state index in [1.54, 1.807) is 6.07 Å². The summed E-state index contributed by atoms with van der Waals surface area (Å²) in [6.07, 6.45) is 2.45. The summed E-state index contributed by atoms with van der Waals surface area (Å²) in [6.45, 7) is 8.48. The van der Waals surface area contributed by atoms with Crippen molar-refractivity contribution in [3.8, 4) is 6.07 Å². The molecule has 30 heavy (non-hydrogen) atoms. The van der Waals surface area contributed by atoms with E-state index in [1.807, 2.05) is 32.9 Å². The van der Waals surface area contributed by atoms with Crippen LogP contribution in [0.1, 0.15) is 63.1 Å². The Morgan fingerprint density at radius 1 is 1.17 bits per heavy atom. The van der Waals surface area contributed by atoms with Crippen molar-refractivity contribution in [2.45, 2.75) is 64.0 Å². The molecule has 0 atom stereocenters. The molecule has 1 aromatic rings. The number of hydrogen-bond acceptors (Lipinski definition) is 5. The minimum atomic E-state index is -0.886. The molecule has 1 aromatic carbocycles. The summed E-state index contributed by atoms with van der Waals surface area (Å²) in [5.41, 5.74) is 1.16. The molecule has 7 heteroatoms. The van der Waals surface area contributed by atoms with Gasteiger partial charge in [0.05, 0.1) is 17.0 Å². The number of esters is 1. The van der Waals surface area contributed by atoms with Gasteiger partial charge in [0, 0.05) is 32.7 Å². The van der Waals surface area contributed by atoms with E-state index >= 15 is 0 Å². The summed E-state index contributed by atoms with van der Waals surface area (Å²) in [5, 5.41) is 18.6. The Kier molecular flexibility index (Phi) is 6.37. The Labute approximate surface area is 178 Å². The maximum absolute atomic E-state index is 13.4. The largest absolute Gasteiger partial charge is 0.465 e. The maximum atomic E-state index is 13.4. The van der Waals surface area contributed by atoms with Gasteiger partial charge in [0.15, 0.2) is 0 Å². The van der Waals surface area contributed by atoms with Crippen LogP contribution in [0.2, 0.25) is 0 Å². The van der Waals surface area contributed by atoms with Gasteiger partial charge in [0.1, 0.15) is 5.60 Å². The normalized spacial score (nSPS) is 19.3. The van der Waals surface area contributed by atoms with E-state index in [0.717, 1.165) is 36.8 Å². The molecular weight excluding hydrogens is 382 g/mol. The van der Waals surface area contributed by atoms with Gasteiger partial charge < -0.3 is 14.7 Å². The van der Waals surface area contributed by atoms with Crippen molar-refractivity contribution in [3.05, 3.63) is 34.9 Å². The number of hydrogen-bond donors (Lipinski definition) is 1. The molecule has 1 saturated carbocycles. The second kappa shape index (κ2) is 8.65. The molecule has 1 N–H and O–H groups in total. The highest BCUT2D eigenvalue weighted by atomic mass is 16.6. The second-order valence-electron chi connectivity index (χ2n) is 9.32. The van der Waals surface area contributed by atoms with Gasteiger partial charge >= 0.3 is 12.1 Å². The van der Waals surface area contributed by atoms with Gasteiger partial charge in [-0.25, -0.2) is 4.79 Å². The van der Waals surface area contributed by atoms with Crippen LogP contribution < -0.4 is 0 Å². The molecule has 2 fully saturated rings.